The third kappa shape index (κ3) is 3.90. The first kappa shape index (κ1) is 15.1. The smallest absolute Gasteiger partial charge is 0.344 e. The number of aromatic amines is 1. The van der Waals surface area contributed by atoms with E-state index in [4.69, 9.17) is 4.74 Å². The van der Waals surface area contributed by atoms with Crippen LogP contribution in [0.5, 0.6) is 0 Å². The van der Waals surface area contributed by atoms with Gasteiger partial charge in [-0.1, -0.05) is 11.8 Å². The van der Waals surface area contributed by atoms with E-state index in [1.807, 2.05) is 0 Å². The summed E-state index contributed by atoms with van der Waals surface area (Å²) in [7, 11) is 2.18. The number of nitrogens with one attached hydrogen (secondary N) is 1. The van der Waals surface area contributed by atoms with E-state index in [9.17, 15) is 4.79 Å². The van der Waals surface area contributed by atoms with Crippen molar-refractivity contribution >= 4 is 11.8 Å². The van der Waals surface area contributed by atoms with Crippen molar-refractivity contribution in [3.8, 4) is 0 Å². The Bertz CT molecular complexity index is 509. The molecule has 0 bridgehead atoms. The maximum absolute atomic E-state index is 11.9. The van der Waals surface area contributed by atoms with Crippen LogP contribution in [-0.2, 0) is 11.3 Å². The van der Waals surface area contributed by atoms with Crippen molar-refractivity contribution in [1.29, 1.82) is 0 Å². The molecular weight excluding hydrogens is 288 g/mol. The van der Waals surface area contributed by atoms with Crippen LogP contribution in [-0.4, -0.2) is 58.3 Å². The third-order valence-electron chi connectivity index (χ3n) is 4.30. The number of rotatable bonds is 5. The SMILES string of the molecule is CN1CCCC(CSc2n[nH]c(=O)n2CC2CCCO2)C1. The van der Waals surface area contributed by atoms with Crippen molar-refractivity contribution in [3.05, 3.63) is 10.5 Å². The molecular formula is C14H24N4O2S. The van der Waals surface area contributed by atoms with E-state index >= 15 is 0 Å². The number of piperidine rings is 1. The van der Waals surface area contributed by atoms with Crippen LogP contribution in [0.25, 0.3) is 0 Å². The molecule has 1 N–H and O–H groups in total. The van der Waals surface area contributed by atoms with Crippen LogP contribution in [0, 0.1) is 5.92 Å². The molecule has 0 spiro atoms. The lowest BCUT2D eigenvalue weighted by molar-refractivity contribution is 0.0941. The summed E-state index contributed by atoms with van der Waals surface area (Å²) < 4.78 is 7.37. The maximum Gasteiger partial charge on any atom is 0.344 e. The van der Waals surface area contributed by atoms with E-state index < -0.39 is 0 Å². The van der Waals surface area contributed by atoms with Gasteiger partial charge in [-0.15, -0.1) is 5.10 Å². The lowest BCUT2D eigenvalue weighted by atomic mass is 10.0. The molecule has 21 heavy (non-hydrogen) atoms. The van der Waals surface area contributed by atoms with Crippen LogP contribution >= 0.6 is 11.8 Å². The van der Waals surface area contributed by atoms with Gasteiger partial charge in [0.1, 0.15) is 0 Å². The zero-order chi connectivity index (χ0) is 14.7. The monoisotopic (exact) mass is 312 g/mol. The number of hydrogen-bond donors (Lipinski definition) is 1. The highest BCUT2D eigenvalue weighted by atomic mass is 32.2. The summed E-state index contributed by atoms with van der Waals surface area (Å²) in [5.74, 6) is 1.72. The van der Waals surface area contributed by atoms with E-state index in [0.717, 1.165) is 36.9 Å². The van der Waals surface area contributed by atoms with Gasteiger partial charge in [-0.3, -0.25) is 4.57 Å². The molecule has 0 saturated carbocycles. The first-order valence-electron chi connectivity index (χ1n) is 7.80. The fourth-order valence-electron chi connectivity index (χ4n) is 3.17. The molecule has 0 aromatic carbocycles. The second-order valence-electron chi connectivity index (χ2n) is 6.14. The summed E-state index contributed by atoms with van der Waals surface area (Å²) in [4.78, 5) is 14.3. The first-order valence-corrected chi connectivity index (χ1v) is 8.79. The minimum absolute atomic E-state index is 0.117. The molecule has 2 aliphatic heterocycles. The number of nitrogens with zero attached hydrogens (tertiary/aromatic N) is 3. The zero-order valence-corrected chi connectivity index (χ0v) is 13.4. The highest BCUT2D eigenvalue weighted by molar-refractivity contribution is 7.99. The van der Waals surface area contributed by atoms with E-state index in [2.05, 4.69) is 22.1 Å². The fraction of sp³-hybridized carbons (Fsp3) is 0.857. The molecule has 2 saturated heterocycles. The van der Waals surface area contributed by atoms with Crippen molar-refractivity contribution < 1.29 is 4.74 Å². The Balaban J connectivity index is 1.58. The van der Waals surface area contributed by atoms with Crippen LogP contribution in [0.1, 0.15) is 25.7 Å². The molecule has 0 radical (unpaired) electrons. The number of H-pyrrole nitrogens is 1. The van der Waals surface area contributed by atoms with Crippen LogP contribution in [0.4, 0.5) is 0 Å². The molecule has 7 heteroatoms. The Labute approximate surface area is 129 Å². The Morgan fingerprint density at radius 1 is 1.43 bits per heavy atom. The fourth-order valence-corrected chi connectivity index (χ4v) is 4.25. The van der Waals surface area contributed by atoms with Gasteiger partial charge in [-0.25, -0.2) is 9.89 Å². The topological polar surface area (TPSA) is 63.2 Å². The minimum Gasteiger partial charge on any atom is -0.376 e. The highest BCUT2D eigenvalue weighted by Crippen LogP contribution is 2.24. The summed E-state index contributed by atoms with van der Waals surface area (Å²) in [5.41, 5.74) is -0.117. The second kappa shape index (κ2) is 6.98. The van der Waals surface area contributed by atoms with Gasteiger partial charge in [0.2, 0.25) is 0 Å². The van der Waals surface area contributed by atoms with E-state index in [0.29, 0.717) is 12.5 Å². The van der Waals surface area contributed by atoms with E-state index in [-0.39, 0.29) is 11.8 Å². The average Bonchev–Trinajstić information content (AvgIpc) is 3.09. The number of thioether (sulfide) groups is 1. The lowest BCUT2D eigenvalue weighted by Crippen LogP contribution is -2.33. The lowest BCUT2D eigenvalue weighted by Gasteiger charge is -2.29. The van der Waals surface area contributed by atoms with Crippen LogP contribution in [0.3, 0.4) is 0 Å². The molecule has 3 heterocycles. The van der Waals surface area contributed by atoms with Crippen molar-refractivity contribution in [1.82, 2.24) is 19.7 Å². The van der Waals surface area contributed by atoms with Crippen molar-refractivity contribution in [2.24, 2.45) is 5.92 Å². The summed E-state index contributed by atoms with van der Waals surface area (Å²) in [5, 5.41) is 7.57. The Hall–Kier alpha value is -0.790. The maximum atomic E-state index is 11.9. The van der Waals surface area contributed by atoms with Crippen molar-refractivity contribution in [3.63, 3.8) is 0 Å². The molecule has 0 aliphatic carbocycles. The highest BCUT2D eigenvalue weighted by Gasteiger charge is 2.22. The molecule has 2 atom stereocenters. The normalized spacial score (nSPS) is 27.3. The van der Waals surface area contributed by atoms with Crippen LogP contribution in [0.2, 0.25) is 0 Å². The Kier molecular flexibility index (Phi) is 5.03. The quantitative estimate of drug-likeness (QED) is 0.827. The molecule has 118 valence electrons. The number of aromatic nitrogens is 3. The van der Waals surface area contributed by atoms with Crippen LogP contribution in [0.15, 0.2) is 9.95 Å². The number of likely N-dealkylation sites (tertiary alicyclic amines) is 1. The van der Waals surface area contributed by atoms with Crippen LogP contribution < -0.4 is 5.69 Å². The predicted molar refractivity (Wildman–Crippen MR) is 82.8 cm³/mol. The summed E-state index contributed by atoms with van der Waals surface area (Å²) >= 11 is 1.70. The van der Waals surface area contributed by atoms with E-state index in [1.54, 1.807) is 16.3 Å². The van der Waals surface area contributed by atoms with Gasteiger partial charge >= 0.3 is 5.69 Å². The largest absolute Gasteiger partial charge is 0.376 e. The molecule has 1 aromatic heterocycles. The second-order valence-corrected chi connectivity index (χ2v) is 7.13. The van der Waals surface area contributed by atoms with Gasteiger partial charge in [0.25, 0.3) is 0 Å². The van der Waals surface area contributed by atoms with Gasteiger partial charge in [0, 0.05) is 18.9 Å². The number of hydrogen-bond acceptors (Lipinski definition) is 5. The Morgan fingerprint density at radius 3 is 3.10 bits per heavy atom. The molecule has 2 aliphatic rings. The zero-order valence-electron chi connectivity index (χ0n) is 12.6. The van der Waals surface area contributed by atoms with Crippen molar-refractivity contribution in [2.45, 2.75) is 43.5 Å². The van der Waals surface area contributed by atoms with Gasteiger partial charge in [0.15, 0.2) is 5.16 Å². The molecule has 0 amide bonds. The van der Waals surface area contributed by atoms with Gasteiger partial charge in [-0.2, -0.15) is 0 Å². The van der Waals surface area contributed by atoms with Gasteiger partial charge in [-0.05, 0) is 45.2 Å². The molecule has 2 fully saturated rings. The molecule has 3 rings (SSSR count). The van der Waals surface area contributed by atoms with Gasteiger partial charge in [0.05, 0.1) is 12.6 Å². The number of ether oxygens (including phenoxy) is 1. The van der Waals surface area contributed by atoms with Gasteiger partial charge < -0.3 is 9.64 Å². The average molecular weight is 312 g/mol. The minimum atomic E-state index is -0.117. The summed E-state index contributed by atoms with van der Waals surface area (Å²) in [6.45, 7) is 3.79. The first-order chi connectivity index (χ1) is 10.2. The standard InChI is InChI=1S/C14H24N4O2S/c1-17-6-2-4-11(8-17)10-21-14-16-15-13(19)18(14)9-12-5-3-7-20-12/h11-12H,2-10H2,1H3,(H,15,19). The molecule has 2 unspecified atom stereocenters. The summed E-state index contributed by atoms with van der Waals surface area (Å²) in [6.07, 6.45) is 4.84. The molecule has 1 aromatic rings. The predicted octanol–water partition coefficient (Wildman–Crippen LogP) is 1.18. The third-order valence-corrected chi connectivity index (χ3v) is 5.51. The Morgan fingerprint density at radius 2 is 2.33 bits per heavy atom. The van der Waals surface area contributed by atoms with E-state index in [1.165, 1.54) is 19.4 Å². The molecule has 6 nitrogen and oxygen atoms in total. The van der Waals surface area contributed by atoms with Crippen molar-refractivity contribution in [2.75, 3.05) is 32.5 Å². The summed E-state index contributed by atoms with van der Waals surface area (Å²) in [6, 6.07) is 0.